The van der Waals surface area contributed by atoms with E-state index in [-0.39, 0.29) is 59.0 Å². The SMILES string of the molecule is CCCC(CCC(=O)c1cc(NC(=O)c2cc(CNC(=O)C(C)(C)C(F)(F)F)ccc2Cl)ccc1OCC(F)F)C(F)F. The predicted octanol–water partition coefficient (Wildman–Crippen LogP) is 8.09. The van der Waals surface area contributed by atoms with E-state index in [1.807, 2.05) is 0 Å². The number of benzene rings is 2. The lowest BCUT2D eigenvalue weighted by molar-refractivity contribution is -0.211. The molecule has 43 heavy (non-hydrogen) atoms. The number of alkyl halides is 7. The van der Waals surface area contributed by atoms with Gasteiger partial charge in [-0.2, -0.15) is 13.2 Å². The van der Waals surface area contributed by atoms with Gasteiger partial charge in [0.25, 0.3) is 12.3 Å². The molecule has 0 saturated heterocycles. The molecule has 1 unspecified atom stereocenters. The minimum absolute atomic E-state index is 0.0263. The van der Waals surface area contributed by atoms with Crippen LogP contribution < -0.4 is 15.4 Å². The smallest absolute Gasteiger partial charge is 0.402 e. The normalized spacial score (nSPS) is 12.8. The average Bonchev–Trinajstić information content (AvgIpc) is 2.92. The lowest BCUT2D eigenvalue weighted by Gasteiger charge is -2.26. The maximum Gasteiger partial charge on any atom is 0.402 e. The molecule has 0 saturated carbocycles. The molecule has 2 N–H and O–H groups in total. The molecule has 0 aliphatic carbocycles. The number of anilines is 1. The van der Waals surface area contributed by atoms with E-state index in [9.17, 15) is 45.1 Å². The topological polar surface area (TPSA) is 84.5 Å². The zero-order chi connectivity index (χ0) is 32.5. The van der Waals surface area contributed by atoms with E-state index in [1.54, 1.807) is 6.92 Å². The highest BCUT2D eigenvalue weighted by molar-refractivity contribution is 6.34. The number of hydrogen-bond donors (Lipinski definition) is 2. The average molecular weight is 641 g/mol. The van der Waals surface area contributed by atoms with Crippen molar-refractivity contribution in [3.8, 4) is 5.75 Å². The fraction of sp³-hybridized carbons (Fsp3) is 0.483. The first-order valence-electron chi connectivity index (χ1n) is 13.3. The first kappa shape index (κ1) is 35.8. The van der Waals surface area contributed by atoms with Crippen molar-refractivity contribution in [2.24, 2.45) is 11.3 Å². The highest BCUT2D eigenvalue weighted by Gasteiger charge is 2.52. The summed E-state index contributed by atoms with van der Waals surface area (Å²) in [5.41, 5.74) is -2.69. The first-order chi connectivity index (χ1) is 20.0. The fourth-order valence-electron chi connectivity index (χ4n) is 3.91. The summed E-state index contributed by atoms with van der Waals surface area (Å²) in [6.07, 6.45) is -10.1. The molecule has 14 heteroatoms. The van der Waals surface area contributed by atoms with Crippen molar-refractivity contribution in [1.82, 2.24) is 5.32 Å². The van der Waals surface area contributed by atoms with E-state index in [0.29, 0.717) is 6.42 Å². The standard InChI is InChI=1S/C29H32ClF7N2O4/c1-4-5-17(25(33)34)7-10-22(40)20-13-18(8-11-23(20)43-15-24(31)32)39-26(41)19-12-16(6-9-21(19)30)14-38-27(42)28(2,3)29(35,36)37/h6,8-9,11-13,17,24-25H,4-5,7,10,14-15H2,1-3H3,(H,38,42)(H,39,41). The molecule has 2 aromatic carbocycles. The molecule has 0 fully saturated rings. The summed E-state index contributed by atoms with van der Waals surface area (Å²) in [6, 6.07) is 7.57. The number of ether oxygens (including phenoxy) is 1. The highest BCUT2D eigenvalue weighted by atomic mass is 35.5. The lowest BCUT2D eigenvalue weighted by Crippen LogP contribution is -2.46. The summed E-state index contributed by atoms with van der Waals surface area (Å²) in [7, 11) is 0. The summed E-state index contributed by atoms with van der Waals surface area (Å²) in [4.78, 5) is 38.1. The minimum atomic E-state index is -4.79. The molecule has 0 aromatic heterocycles. The quantitative estimate of drug-likeness (QED) is 0.152. The van der Waals surface area contributed by atoms with Crippen molar-refractivity contribution in [3.05, 3.63) is 58.1 Å². The zero-order valence-corrected chi connectivity index (χ0v) is 24.4. The number of hydrogen-bond acceptors (Lipinski definition) is 4. The molecular weight excluding hydrogens is 609 g/mol. The summed E-state index contributed by atoms with van der Waals surface area (Å²) in [5, 5.41) is 4.63. The lowest BCUT2D eigenvalue weighted by atomic mass is 9.91. The van der Waals surface area contributed by atoms with Crippen molar-refractivity contribution >= 4 is 34.9 Å². The van der Waals surface area contributed by atoms with E-state index in [1.165, 1.54) is 30.3 Å². The van der Waals surface area contributed by atoms with Crippen molar-refractivity contribution < 1.29 is 49.9 Å². The third-order valence-electron chi connectivity index (χ3n) is 6.67. The molecule has 6 nitrogen and oxygen atoms in total. The molecule has 0 aliphatic rings. The van der Waals surface area contributed by atoms with Crippen LogP contribution in [0.5, 0.6) is 5.75 Å². The molecule has 2 amide bonds. The summed E-state index contributed by atoms with van der Waals surface area (Å²) < 4.78 is 96.6. The number of carbonyl (C=O) groups is 3. The van der Waals surface area contributed by atoms with Crippen molar-refractivity contribution in [2.45, 2.75) is 72.0 Å². The minimum Gasteiger partial charge on any atom is -0.487 e. The Labute approximate surface area is 249 Å². The first-order valence-corrected chi connectivity index (χ1v) is 13.7. The number of amides is 2. The third kappa shape index (κ3) is 10.1. The Morgan fingerprint density at radius 3 is 2.21 bits per heavy atom. The Kier molecular flexibility index (Phi) is 12.8. The monoisotopic (exact) mass is 640 g/mol. The maximum absolute atomic E-state index is 13.3. The molecule has 238 valence electrons. The van der Waals surface area contributed by atoms with E-state index in [4.69, 9.17) is 16.3 Å². The predicted molar refractivity (Wildman–Crippen MR) is 147 cm³/mol. The number of carbonyl (C=O) groups excluding carboxylic acids is 3. The number of halogens is 8. The van der Waals surface area contributed by atoms with Gasteiger partial charge in [0, 0.05) is 24.6 Å². The van der Waals surface area contributed by atoms with Gasteiger partial charge in [-0.25, -0.2) is 17.6 Å². The van der Waals surface area contributed by atoms with Crippen LogP contribution in [0.15, 0.2) is 36.4 Å². The Morgan fingerprint density at radius 1 is 0.953 bits per heavy atom. The van der Waals surface area contributed by atoms with Gasteiger partial charge in [-0.15, -0.1) is 0 Å². The fourth-order valence-corrected chi connectivity index (χ4v) is 4.11. The van der Waals surface area contributed by atoms with Gasteiger partial charge in [0.15, 0.2) is 5.78 Å². The summed E-state index contributed by atoms with van der Waals surface area (Å²) in [5.74, 6) is -3.97. The van der Waals surface area contributed by atoms with Crippen LogP contribution in [0.25, 0.3) is 0 Å². The van der Waals surface area contributed by atoms with Crippen LogP contribution >= 0.6 is 11.6 Å². The van der Waals surface area contributed by atoms with Crippen molar-refractivity contribution in [2.75, 3.05) is 11.9 Å². The molecule has 2 rings (SSSR count). The van der Waals surface area contributed by atoms with Gasteiger partial charge in [-0.1, -0.05) is 31.0 Å². The van der Waals surface area contributed by atoms with Crippen LogP contribution in [0, 0.1) is 11.3 Å². The molecule has 0 heterocycles. The van der Waals surface area contributed by atoms with Gasteiger partial charge in [-0.3, -0.25) is 14.4 Å². The molecule has 0 aliphatic heterocycles. The van der Waals surface area contributed by atoms with Gasteiger partial charge in [0.1, 0.15) is 17.8 Å². The molecule has 0 radical (unpaired) electrons. The van der Waals surface area contributed by atoms with Crippen molar-refractivity contribution in [1.29, 1.82) is 0 Å². The van der Waals surface area contributed by atoms with E-state index < -0.39 is 54.6 Å². The van der Waals surface area contributed by atoms with Gasteiger partial charge < -0.3 is 15.4 Å². The third-order valence-corrected chi connectivity index (χ3v) is 7.00. The Bertz CT molecular complexity index is 1290. The van der Waals surface area contributed by atoms with Crippen molar-refractivity contribution in [3.63, 3.8) is 0 Å². The second-order valence-corrected chi connectivity index (χ2v) is 10.7. The Morgan fingerprint density at radius 2 is 1.63 bits per heavy atom. The van der Waals surface area contributed by atoms with Crippen LogP contribution in [0.4, 0.5) is 36.4 Å². The molecule has 0 spiro atoms. The number of nitrogens with one attached hydrogen (secondary N) is 2. The van der Waals surface area contributed by atoms with Crippen LogP contribution in [0.2, 0.25) is 5.02 Å². The second-order valence-electron chi connectivity index (χ2n) is 10.3. The zero-order valence-electron chi connectivity index (χ0n) is 23.6. The Balaban J connectivity index is 2.25. The molecule has 2 aromatic rings. The molecule has 0 bridgehead atoms. The Hall–Kier alpha value is -3.35. The van der Waals surface area contributed by atoms with Gasteiger partial charge in [-0.05, 0) is 62.6 Å². The number of Topliss-reactive ketones (excluding diaryl/α,β-unsaturated/α-hetero) is 1. The van der Waals surface area contributed by atoms with Crippen LogP contribution in [0.3, 0.4) is 0 Å². The number of rotatable bonds is 15. The second kappa shape index (κ2) is 15.4. The van der Waals surface area contributed by atoms with Gasteiger partial charge in [0.05, 0.1) is 16.1 Å². The molecular formula is C29H32ClF7N2O4. The van der Waals surface area contributed by atoms with E-state index in [0.717, 1.165) is 19.9 Å². The van der Waals surface area contributed by atoms with E-state index in [2.05, 4.69) is 10.6 Å². The largest absolute Gasteiger partial charge is 0.487 e. The van der Waals surface area contributed by atoms with Gasteiger partial charge in [0.2, 0.25) is 12.3 Å². The van der Waals surface area contributed by atoms with Crippen LogP contribution in [0.1, 0.15) is 72.7 Å². The van der Waals surface area contributed by atoms with Gasteiger partial charge >= 0.3 is 6.18 Å². The highest BCUT2D eigenvalue weighted by Crippen LogP contribution is 2.37. The van der Waals surface area contributed by atoms with E-state index >= 15 is 0 Å². The summed E-state index contributed by atoms with van der Waals surface area (Å²) >= 11 is 6.15. The maximum atomic E-state index is 13.3. The summed E-state index contributed by atoms with van der Waals surface area (Å²) in [6.45, 7) is 1.82. The molecule has 1 atom stereocenters. The number of ketones is 1. The van der Waals surface area contributed by atoms with Crippen LogP contribution in [-0.2, 0) is 11.3 Å². The van der Waals surface area contributed by atoms with Crippen LogP contribution in [-0.4, -0.2) is 43.2 Å².